The monoisotopic (exact) mass is 245 g/mol. The van der Waals surface area contributed by atoms with Crippen LogP contribution in [0.3, 0.4) is 0 Å². The number of halogens is 1. The number of hydrogen-bond donors (Lipinski definition) is 2. The highest BCUT2D eigenvalue weighted by atomic mass is 35.5. The molecule has 0 aromatic carbocycles. The summed E-state index contributed by atoms with van der Waals surface area (Å²) in [6.45, 7) is 0.920. The van der Waals surface area contributed by atoms with Crippen LogP contribution in [-0.4, -0.2) is 47.6 Å². The van der Waals surface area contributed by atoms with Gasteiger partial charge in [0.05, 0.1) is 19.8 Å². The van der Waals surface area contributed by atoms with Gasteiger partial charge in [0.25, 0.3) is 5.91 Å². The molecule has 6 nitrogen and oxygen atoms in total. The molecular formula is C9H12ClN3O3. The van der Waals surface area contributed by atoms with Crippen LogP contribution >= 0.6 is 11.6 Å². The number of carbonyl (C=O) groups excluding carboxylic acids is 1. The van der Waals surface area contributed by atoms with Crippen LogP contribution in [0, 0.1) is 0 Å². The molecule has 2 N–H and O–H groups in total. The van der Waals surface area contributed by atoms with Gasteiger partial charge in [-0.05, 0) is 12.1 Å². The van der Waals surface area contributed by atoms with E-state index in [4.69, 9.17) is 21.4 Å². The lowest BCUT2D eigenvalue weighted by Gasteiger charge is -2.04. The Hall–Kier alpha value is -1.24. The second-order valence-electron chi connectivity index (χ2n) is 2.83. The summed E-state index contributed by atoms with van der Waals surface area (Å²) >= 11 is 5.53. The minimum absolute atomic E-state index is 0.0311. The summed E-state index contributed by atoms with van der Waals surface area (Å²) in [5.41, 5.74) is 0.201. The molecule has 1 heterocycles. The van der Waals surface area contributed by atoms with Gasteiger partial charge >= 0.3 is 0 Å². The summed E-state index contributed by atoms with van der Waals surface area (Å²) in [4.78, 5) is 11.4. The van der Waals surface area contributed by atoms with E-state index in [1.807, 2.05) is 0 Å². The average Bonchev–Trinajstić information content (AvgIpc) is 2.29. The van der Waals surface area contributed by atoms with Crippen molar-refractivity contribution in [1.29, 1.82) is 0 Å². The van der Waals surface area contributed by atoms with Crippen molar-refractivity contribution in [2.24, 2.45) is 0 Å². The lowest BCUT2D eigenvalue weighted by Crippen LogP contribution is -2.28. The SMILES string of the molecule is O=C(NCCOCCO)c1ccc(Cl)nn1. The van der Waals surface area contributed by atoms with E-state index in [1.165, 1.54) is 12.1 Å². The van der Waals surface area contributed by atoms with Crippen molar-refractivity contribution in [2.45, 2.75) is 0 Å². The maximum atomic E-state index is 11.4. The van der Waals surface area contributed by atoms with Crippen LogP contribution in [0.2, 0.25) is 5.15 Å². The van der Waals surface area contributed by atoms with Crippen molar-refractivity contribution in [2.75, 3.05) is 26.4 Å². The van der Waals surface area contributed by atoms with E-state index >= 15 is 0 Å². The highest BCUT2D eigenvalue weighted by Crippen LogP contribution is 2.01. The smallest absolute Gasteiger partial charge is 0.271 e. The van der Waals surface area contributed by atoms with E-state index in [2.05, 4.69) is 15.5 Å². The third kappa shape index (κ3) is 4.52. The number of hydrogen-bond acceptors (Lipinski definition) is 5. The third-order valence-corrected chi connectivity index (χ3v) is 1.83. The molecule has 0 saturated heterocycles. The van der Waals surface area contributed by atoms with Crippen LogP contribution in [0.15, 0.2) is 12.1 Å². The number of ether oxygens (including phenoxy) is 1. The number of nitrogens with one attached hydrogen (secondary N) is 1. The number of aromatic nitrogens is 2. The van der Waals surface area contributed by atoms with E-state index in [1.54, 1.807) is 0 Å². The summed E-state index contributed by atoms with van der Waals surface area (Å²) in [6, 6.07) is 2.98. The molecule has 16 heavy (non-hydrogen) atoms. The molecule has 0 bridgehead atoms. The molecule has 0 aliphatic heterocycles. The molecule has 0 fully saturated rings. The van der Waals surface area contributed by atoms with E-state index in [9.17, 15) is 4.79 Å². The Bertz CT molecular complexity index is 331. The first-order chi connectivity index (χ1) is 7.74. The molecule has 0 radical (unpaired) electrons. The van der Waals surface area contributed by atoms with Gasteiger partial charge in [-0.25, -0.2) is 0 Å². The van der Waals surface area contributed by atoms with Gasteiger partial charge < -0.3 is 15.2 Å². The van der Waals surface area contributed by atoms with Crippen LogP contribution in [-0.2, 0) is 4.74 Å². The number of aliphatic hydroxyl groups excluding tert-OH is 1. The first-order valence-electron chi connectivity index (χ1n) is 4.70. The zero-order chi connectivity index (χ0) is 11.8. The Morgan fingerprint density at radius 3 is 2.88 bits per heavy atom. The molecule has 0 aliphatic rings. The highest BCUT2D eigenvalue weighted by molar-refractivity contribution is 6.29. The van der Waals surface area contributed by atoms with Crippen LogP contribution in [0.4, 0.5) is 0 Å². The molecule has 88 valence electrons. The van der Waals surface area contributed by atoms with Gasteiger partial charge in [0.2, 0.25) is 0 Å². The van der Waals surface area contributed by atoms with E-state index < -0.39 is 0 Å². The molecule has 1 aromatic rings. The second kappa shape index (κ2) is 7.10. The maximum Gasteiger partial charge on any atom is 0.271 e. The molecule has 0 saturated carbocycles. The van der Waals surface area contributed by atoms with Crippen LogP contribution < -0.4 is 5.32 Å². The molecule has 0 spiro atoms. The fourth-order valence-electron chi connectivity index (χ4n) is 0.931. The van der Waals surface area contributed by atoms with E-state index in [0.29, 0.717) is 13.2 Å². The zero-order valence-electron chi connectivity index (χ0n) is 8.52. The fraction of sp³-hybridized carbons (Fsp3) is 0.444. The lowest BCUT2D eigenvalue weighted by molar-refractivity contribution is 0.0834. The van der Waals surface area contributed by atoms with Crippen molar-refractivity contribution in [3.05, 3.63) is 23.0 Å². The second-order valence-corrected chi connectivity index (χ2v) is 3.22. The van der Waals surface area contributed by atoms with Gasteiger partial charge in [0, 0.05) is 6.54 Å². The summed E-state index contributed by atoms with van der Waals surface area (Å²) < 4.78 is 4.97. The molecule has 1 amide bonds. The Labute approximate surface area is 97.6 Å². The summed E-state index contributed by atoms with van der Waals surface area (Å²) in [5, 5.41) is 18.4. The predicted molar refractivity (Wildman–Crippen MR) is 57.3 cm³/mol. The van der Waals surface area contributed by atoms with Crippen LogP contribution in [0.5, 0.6) is 0 Å². The lowest BCUT2D eigenvalue weighted by atomic mass is 10.4. The largest absolute Gasteiger partial charge is 0.394 e. The Morgan fingerprint density at radius 1 is 1.44 bits per heavy atom. The Balaban J connectivity index is 2.27. The number of rotatable bonds is 6. The van der Waals surface area contributed by atoms with E-state index in [0.717, 1.165) is 0 Å². The minimum Gasteiger partial charge on any atom is -0.394 e. The summed E-state index contributed by atoms with van der Waals surface area (Å²) in [5.74, 6) is -0.336. The van der Waals surface area contributed by atoms with Crippen molar-refractivity contribution >= 4 is 17.5 Å². The van der Waals surface area contributed by atoms with Gasteiger partial charge in [-0.1, -0.05) is 11.6 Å². The van der Waals surface area contributed by atoms with Gasteiger partial charge in [0.15, 0.2) is 10.8 Å². The van der Waals surface area contributed by atoms with Crippen molar-refractivity contribution < 1.29 is 14.6 Å². The standard InChI is InChI=1S/C9H12ClN3O3/c10-8-2-1-7(12-13-8)9(15)11-3-5-16-6-4-14/h1-2,14H,3-6H2,(H,11,15). The predicted octanol–water partition coefficient (Wildman–Crippen LogP) is -0.131. The molecular weight excluding hydrogens is 234 g/mol. The third-order valence-electron chi connectivity index (χ3n) is 1.63. The molecule has 1 rings (SSSR count). The van der Waals surface area contributed by atoms with Gasteiger partial charge in [0.1, 0.15) is 0 Å². The summed E-state index contributed by atoms with van der Waals surface area (Å²) in [6.07, 6.45) is 0. The van der Waals surface area contributed by atoms with Crippen molar-refractivity contribution in [3.8, 4) is 0 Å². The van der Waals surface area contributed by atoms with Gasteiger partial charge in [-0.2, -0.15) is 0 Å². The Morgan fingerprint density at radius 2 is 2.25 bits per heavy atom. The molecule has 0 atom stereocenters. The molecule has 7 heteroatoms. The van der Waals surface area contributed by atoms with Gasteiger partial charge in [-0.15, -0.1) is 10.2 Å². The topological polar surface area (TPSA) is 84.3 Å². The van der Waals surface area contributed by atoms with Gasteiger partial charge in [-0.3, -0.25) is 4.79 Å². The number of amides is 1. The van der Waals surface area contributed by atoms with Crippen LogP contribution in [0.25, 0.3) is 0 Å². The first kappa shape index (κ1) is 12.8. The normalized spacial score (nSPS) is 10.1. The molecule has 0 unspecified atom stereocenters. The minimum atomic E-state index is -0.336. The Kier molecular flexibility index (Phi) is 5.69. The highest BCUT2D eigenvalue weighted by Gasteiger charge is 2.06. The molecule has 1 aromatic heterocycles. The maximum absolute atomic E-state index is 11.4. The number of carbonyl (C=O) groups is 1. The fourth-order valence-corrected chi connectivity index (χ4v) is 1.03. The van der Waals surface area contributed by atoms with Crippen LogP contribution in [0.1, 0.15) is 10.5 Å². The average molecular weight is 246 g/mol. The number of aliphatic hydroxyl groups is 1. The van der Waals surface area contributed by atoms with Crippen molar-refractivity contribution in [1.82, 2.24) is 15.5 Å². The zero-order valence-corrected chi connectivity index (χ0v) is 9.28. The van der Waals surface area contributed by atoms with Crippen molar-refractivity contribution in [3.63, 3.8) is 0 Å². The quantitative estimate of drug-likeness (QED) is 0.682. The first-order valence-corrected chi connectivity index (χ1v) is 5.08. The summed E-state index contributed by atoms with van der Waals surface area (Å²) in [7, 11) is 0. The molecule has 0 aliphatic carbocycles. The van der Waals surface area contributed by atoms with E-state index in [-0.39, 0.29) is 30.0 Å². The number of nitrogens with zero attached hydrogens (tertiary/aromatic N) is 2.